The second-order valence-corrected chi connectivity index (χ2v) is 7.92. The van der Waals surface area contributed by atoms with Crippen LogP contribution in [-0.4, -0.2) is 39.8 Å². The van der Waals surface area contributed by atoms with Gasteiger partial charge < -0.3 is 15.0 Å². The predicted octanol–water partition coefficient (Wildman–Crippen LogP) is 3.70. The Balaban J connectivity index is 1.83. The van der Waals surface area contributed by atoms with E-state index in [1.165, 1.54) is 19.1 Å². The lowest BCUT2D eigenvalue weighted by atomic mass is 9.92. The van der Waals surface area contributed by atoms with Crippen molar-refractivity contribution < 1.29 is 22.7 Å². The lowest BCUT2D eigenvalue weighted by Gasteiger charge is -2.31. The zero-order valence-corrected chi connectivity index (χ0v) is 17.6. The van der Waals surface area contributed by atoms with E-state index in [2.05, 4.69) is 15.4 Å². The number of rotatable bonds is 4. The Morgan fingerprint density at radius 3 is 2.56 bits per heavy atom. The molecular formula is C22H23F3N4O3. The van der Waals surface area contributed by atoms with Crippen molar-refractivity contribution in [2.75, 3.05) is 7.11 Å². The first-order valence-corrected chi connectivity index (χ1v) is 10.3. The van der Waals surface area contributed by atoms with Crippen LogP contribution < -0.4 is 10.9 Å². The third-order valence-electron chi connectivity index (χ3n) is 5.85. The summed E-state index contributed by atoms with van der Waals surface area (Å²) in [5.41, 5.74) is -2.31. The number of aromatic amines is 1. The molecule has 1 aromatic carbocycles. The number of halogens is 3. The number of fused-ring (bicyclic) bond motifs is 1. The van der Waals surface area contributed by atoms with Gasteiger partial charge in [0.1, 0.15) is 11.2 Å². The summed E-state index contributed by atoms with van der Waals surface area (Å²) in [6.07, 6.45) is -1.60. The molecule has 3 aromatic rings. The molecule has 2 heterocycles. The smallest absolute Gasteiger partial charge is 0.379 e. The number of nitrogens with zero attached hydrogens (tertiary/aromatic N) is 2. The lowest BCUT2D eigenvalue weighted by Crippen LogP contribution is -2.47. The van der Waals surface area contributed by atoms with E-state index in [0.717, 1.165) is 19.3 Å². The van der Waals surface area contributed by atoms with Crippen LogP contribution in [-0.2, 0) is 10.9 Å². The van der Waals surface area contributed by atoms with E-state index in [4.69, 9.17) is 4.74 Å². The van der Waals surface area contributed by atoms with Crippen molar-refractivity contribution in [3.63, 3.8) is 0 Å². The minimum absolute atomic E-state index is 0.116. The molecule has 0 aliphatic heterocycles. The summed E-state index contributed by atoms with van der Waals surface area (Å²) < 4.78 is 47.4. The van der Waals surface area contributed by atoms with E-state index in [-0.39, 0.29) is 40.2 Å². The lowest BCUT2D eigenvalue weighted by molar-refractivity contribution is -0.140. The van der Waals surface area contributed by atoms with Gasteiger partial charge in [0, 0.05) is 12.8 Å². The number of ether oxygens (including phenoxy) is 1. The van der Waals surface area contributed by atoms with Crippen LogP contribution in [0.1, 0.15) is 47.4 Å². The van der Waals surface area contributed by atoms with Gasteiger partial charge in [-0.15, -0.1) is 0 Å². The molecule has 0 spiro atoms. The van der Waals surface area contributed by atoms with Crippen LogP contribution in [0.15, 0.2) is 35.1 Å². The number of hydrogen-bond donors (Lipinski definition) is 2. The molecule has 1 aliphatic rings. The normalized spacial score (nSPS) is 19.3. The Bertz CT molecular complexity index is 1200. The van der Waals surface area contributed by atoms with E-state index in [1.807, 2.05) is 0 Å². The first kappa shape index (κ1) is 22.1. The summed E-state index contributed by atoms with van der Waals surface area (Å²) in [6, 6.07) is 7.61. The van der Waals surface area contributed by atoms with E-state index in [0.29, 0.717) is 10.9 Å². The van der Waals surface area contributed by atoms with Gasteiger partial charge in [0.25, 0.3) is 11.5 Å². The van der Waals surface area contributed by atoms with E-state index < -0.39 is 23.3 Å². The molecule has 1 amide bonds. The quantitative estimate of drug-likeness (QED) is 0.637. The van der Waals surface area contributed by atoms with Gasteiger partial charge in [-0.05, 0) is 25.3 Å². The highest BCUT2D eigenvalue weighted by atomic mass is 19.4. The van der Waals surface area contributed by atoms with Crippen molar-refractivity contribution in [1.29, 1.82) is 0 Å². The van der Waals surface area contributed by atoms with Crippen molar-refractivity contribution in [3.8, 4) is 11.1 Å². The molecule has 32 heavy (non-hydrogen) atoms. The van der Waals surface area contributed by atoms with Gasteiger partial charge >= 0.3 is 6.18 Å². The molecule has 2 unspecified atom stereocenters. The topological polar surface area (TPSA) is 88.5 Å². The van der Waals surface area contributed by atoms with E-state index >= 15 is 0 Å². The number of nitrogens with one attached hydrogen (secondary N) is 2. The number of carbonyl (C=O) groups is 1. The van der Waals surface area contributed by atoms with Crippen LogP contribution in [0, 0.1) is 6.92 Å². The Kier molecular flexibility index (Phi) is 5.81. The first-order chi connectivity index (χ1) is 15.2. The molecule has 4 rings (SSSR count). The summed E-state index contributed by atoms with van der Waals surface area (Å²) >= 11 is 0. The van der Waals surface area contributed by atoms with Gasteiger partial charge in [0.05, 0.1) is 17.7 Å². The number of benzene rings is 1. The van der Waals surface area contributed by atoms with Gasteiger partial charge in [-0.25, -0.2) is 0 Å². The molecule has 1 fully saturated rings. The molecule has 0 radical (unpaired) electrons. The van der Waals surface area contributed by atoms with E-state index in [9.17, 15) is 22.8 Å². The summed E-state index contributed by atoms with van der Waals surface area (Å²) in [5.74, 6) is -0.662. The summed E-state index contributed by atoms with van der Waals surface area (Å²) in [7, 11) is 1.56. The highest BCUT2D eigenvalue weighted by Crippen LogP contribution is 2.38. The third kappa shape index (κ3) is 3.90. The summed E-state index contributed by atoms with van der Waals surface area (Å²) in [4.78, 5) is 28.9. The average Bonchev–Trinajstić information content (AvgIpc) is 3.15. The Labute approximate surface area is 181 Å². The maximum absolute atomic E-state index is 13.8. The highest BCUT2D eigenvalue weighted by molar-refractivity contribution is 5.95. The van der Waals surface area contributed by atoms with Crippen molar-refractivity contribution in [3.05, 3.63) is 57.6 Å². The SMILES string of the molecule is COC1CCCCC1NC(=O)c1c(C)[nH]c2c(-c3ccccc3)c(C(F)(F)F)nn2c1=O. The molecule has 2 aromatic heterocycles. The predicted molar refractivity (Wildman–Crippen MR) is 112 cm³/mol. The van der Waals surface area contributed by atoms with Gasteiger partial charge in [-0.1, -0.05) is 43.2 Å². The van der Waals surface area contributed by atoms with E-state index in [1.54, 1.807) is 25.3 Å². The average molecular weight is 448 g/mol. The highest BCUT2D eigenvalue weighted by Gasteiger charge is 2.39. The molecular weight excluding hydrogens is 425 g/mol. The van der Waals surface area contributed by atoms with Crippen LogP contribution >= 0.6 is 0 Å². The number of carbonyl (C=O) groups excluding carboxylic acids is 1. The zero-order chi connectivity index (χ0) is 23.0. The number of methoxy groups -OCH3 is 1. The van der Waals surface area contributed by atoms with Crippen molar-refractivity contribution in [2.24, 2.45) is 0 Å². The molecule has 2 N–H and O–H groups in total. The molecule has 1 saturated carbocycles. The molecule has 7 nitrogen and oxygen atoms in total. The van der Waals surface area contributed by atoms with Crippen LogP contribution in [0.4, 0.5) is 13.2 Å². The zero-order valence-electron chi connectivity index (χ0n) is 17.6. The monoisotopic (exact) mass is 448 g/mol. The summed E-state index contributed by atoms with van der Waals surface area (Å²) in [5, 5.41) is 6.38. The Hall–Kier alpha value is -3.14. The van der Waals surface area contributed by atoms with Crippen molar-refractivity contribution in [2.45, 2.75) is 50.9 Å². The van der Waals surface area contributed by atoms with Crippen molar-refractivity contribution >= 4 is 11.6 Å². The standard InChI is InChI=1S/C22H23F3N4O3/c1-12-16(20(30)27-14-10-6-7-11-15(14)32-2)21(31)29-19(26-12)17(13-8-4-3-5-9-13)18(28-29)22(23,24)25/h3-5,8-9,14-15,26H,6-7,10-11H2,1-2H3,(H,27,30). The van der Waals surface area contributed by atoms with Gasteiger partial charge in [0.2, 0.25) is 0 Å². The fraction of sp³-hybridized carbons (Fsp3) is 0.409. The second-order valence-electron chi connectivity index (χ2n) is 7.92. The van der Waals surface area contributed by atoms with Crippen LogP contribution in [0.5, 0.6) is 0 Å². The van der Waals surface area contributed by atoms with Gasteiger partial charge in [-0.3, -0.25) is 9.59 Å². The number of alkyl halides is 3. The molecule has 0 saturated heterocycles. The number of aryl methyl sites for hydroxylation is 1. The summed E-state index contributed by atoms with van der Waals surface area (Å²) in [6.45, 7) is 1.49. The maximum Gasteiger partial charge on any atom is 0.435 e. The van der Waals surface area contributed by atoms with Crippen LogP contribution in [0.3, 0.4) is 0 Å². The third-order valence-corrected chi connectivity index (χ3v) is 5.85. The number of H-pyrrole nitrogens is 1. The van der Waals surface area contributed by atoms with Gasteiger partial charge in [0.15, 0.2) is 5.69 Å². The van der Waals surface area contributed by atoms with Crippen molar-refractivity contribution in [1.82, 2.24) is 19.9 Å². The second kappa shape index (κ2) is 8.42. The Morgan fingerprint density at radius 2 is 1.91 bits per heavy atom. The fourth-order valence-electron chi connectivity index (χ4n) is 4.32. The number of amides is 1. The molecule has 1 aliphatic carbocycles. The fourth-order valence-corrected chi connectivity index (χ4v) is 4.32. The molecule has 10 heteroatoms. The number of aromatic nitrogens is 3. The minimum atomic E-state index is -4.79. The molecule has 170 valence electrons. The molecule has 0 bridgehead atoms. The maximum atomic E-state index is 13.8. The number of hydrogen-bond acceptors (Lipinski definition) is 4. The van der Waals surface area contributed by atoms with Gasteiger partial charge in [-0.2, -0.15) is 22.8 Å². The first-order valence-electron chi connectivity index (χ1n) is 10.3. The molecule has 2 atom stereocenters. The van der Waals surface area contributed by atoms with Crippen LogP contribution in [0.25, 0.3) is 16.8 Å². The Morgan fingerprint density at radius 1 is 1.22 bits per heavy atom. The largest absolute Gasteiger partial charge is 0.435 e. The van der Waals surface area contributed by atoms with Crippen LogP contribution in [0.2, 0.25) is 0 Å². The minimum Gasteiger partial charge on any atom is -0.379 e.